The number of fused-ring (bicyclic) bond motifs is 1. The van der Waals surface area contributed by atoms with Crippen molar-refractivity contribution < 1.29 is 14.3 Å². The van der Waals surface area contributed by atoms with Crippen LogP contribution in [0.4, 0.5) is 5.95 Å². The zero-order valence-corrected chi connectivity index (χ0v) is 18.5. The molecule has 0 fully saturated rings. The molecule has 9 nitrogen and oxygen atoms in total. The van der Waals surface area contributed by atoms with Crippen LogP contribution in [0.5, 0.6) is 11.5 Å². The molecule has 9 heteroatoms. The van der Waals surface area contributed by atoms with Crippen molar-refractivity contribution in [2.24, 2.45) is 0 Å². The summed E-state index contributed by atoms with van der Waals surface area (Å²) in [4.78, 5) is 41.0. The Morgan fingerprint density at radius 2 is 1.94 bits per heavy atom. The summed E-state index contributed by atoms with van der Waals surface area (Å²) in [6.07, 6.45) is 3.70. The summed E-state index contributed by atoms with van der Waals surface area (Å²) in [5, 5.41) is 0. The third-order valence-corrected chi connectivity index (χ3v) is 5.76. The van der Waals surface area contributed by atoms with Crippen LogP contribution in [0.15, 0.2) is 47.7 Å². The highest BCUT2D eigenvalue weighted by Gasteiger charge is 2.36. The first-order valence-electron chi connectivity index (χ1n) is 10.2. The molecule has 0 aliphatic carbocycles. The second-order valence-corrected chi connectivity index (χ2v) is 8.16. The van der Waals surface area contributed by atoms with Gasteiger partial charge in [0.2, 0.25) is 5.95 Å². The zero-order chi connectivity index (χ0) is 22.9. The van der Waals surface area contributed by atoms with Gasteiger partial charge in [0.15, 0.2) is 5.78 Å². The summed E-state index contributed by atoms with van der Waals surface area (Å²) < 4.78 is 12.3. The molecule has 0 atom stereocenters. The number of rotatable bonds is 6. The fourth-order valence-corrected chi connectivity index (χ4v) is 3.82. The number of carbonyl (C=O) groups excluding carboxylic acids is 1. The monoisotopic (exact) mass is 435 g/mol. The number of anilines is 1. The SMILES string of the molecule is COc1ccc(OC)c(C(=O)CN2c3nc(-c4ccncn4)cc(=O)n3CCC2(C)C)c1. The molecule has 3 aromatic rings. The van der Waals surface area contributed by atoms with Gasteiger partial charge in [0.05, 0.1) is 37.7 Å². The molecule has 0 saturated carbocycles. The number of ketones is 1. The quantitative estimate of drug-likeness (QED) is 0.545. The third kappa shape index (κ3) is 3.93. The van der Waals surface area contributed by atoms with Crippen LogP contribution in [0.3, 0.4) is 0 Å². The molecule has 0 unspecified atom stereocenters. The first kappa shape index (κ1) is 21.5. The zero-order valence-electron chi connectivity index (χ0n) is 18.5. The van der Waals surface area contributed by atoms with Gasteiger partial charge in [0, 0.05) is 24.3 Å². The van der Waals surface area contributed by atoms with Gasteiger partial charge in [-0.05, 0) is 44.5 Å². The molecule has 0 saturated heterocycles. The van der Waals surface area contributed by atoms with E-state index in [-0.39, 0.29) is 17.9 Å². The van der Waals surface area contributed by atoms with Gasteiger partial charge in [0.25, 0.3) is 5.56 Å². The van der Waals surface area contributed by atoms with Gasteiger partial charge in [0.1, 0.15) is 17.8 Å². The Morgan fingerprint density at radius 3 is 2.62 bits per heavy atom. The van der Waals surface area contributed by atoms with E-state index in [1.807, 2.05) is 18.7 Å². The Bertz CT molecular complexity index is 1210. The van der Waals surface area contributed by atoms with Crippen LogP contribution in [0.1, 0.15) is 30.6 Å². The van der Waals surface area contributed by atoms with Crippen LogP contribution in [-0.2, 0) is 6.54 Å². The van der Waals surface area contributed by atoms with Gasteiger partial charge >= 0.3 is 0 Å². The smallest absolute Gasteiger partial charge is 0.255 e. The fourth-order valence-electron chi connectivity index (χ4n) is 3.82. The largest absolute Gasteiger partial charge is 0.497 e. The summed E-state index contributed by atoms with van der Waals surface area (Å²) >= 11 is 0. The first-order chi connectivity index (χ1) is 15.3. The summed E-state index contributed by atoms with van der Waals surface area (Å²) in [5.41, 5.74) is 0.817. The van der Waals surface area contributed by atoms with Crippen LogP contribution < -0.4 is 19.9 Å². The Morgan fingerprint density at radius 1 is 1.12 bits per heavy atom. The summed E-state index contributed by atoms with van der Waals surface area (Å²) in [6, 6.07) is 8.27. The van der Waals surface area contributed by atoms with Crippen molar-refractivity contribution in [3.63, 3.8) is 0 Å². The molecule has 32 heavy (non-hydrogen) atoms. The van der Waals surface area contributed by atoms with E-state index in [2.05, 4.69) is 9.97 Å². The number of hydrogen-bond acceptors (Lipinski definition) is 8. The van der Waals surface area contributed by atoms with Crippen molar-refractivity contribution in [3.8, 4) is 22.9 Å². The number of carbonyl (C=O) groups is 1. The molecule has 0 radical (unpaired) electrons. The molecule has 1 aliphatic heterocycles. The second-order valence-electron chi connectivity index (χ2n) is 8.16. The lowest BCUT2D eigenvalue weighted by atomic mass is 9.95. The van der Waals surface area contributed by atoms with E-state index < -0.39 is 5.54 Å². The molecule has 3 heterocycles. The average Bonchev–Trinajstić information content (AvgIpc) is 2.80. The fraction of sp³-hybridized carbons (Fsp3) is 0.348. The molecule has 2 aromatic heterocycles. The molecule has 4 rings (SSSR count). The van der Waals surface area contributed by atoms with Crippen molar-refractivity contribution in [3.05, 3.63) is 58.8 Å². The predicted octanol–water partition coefficient (Wildman–Crippen LogP) is 2.59. The number of hydrogen-bond donors (Lipinski definition) is 0. The lowest BCUT2D eigenvalue weighted by molar-refractivity contribution is 0.0985. The number of aromatic nitrogens is 4. The van der Waals surface area contributed by atoms with E-state index in [4.69, 9.17) is 14.5 Å². The number of ether oxygens (including phenoxy) is 2. The minimum atomic E-state index is -0.397. The summed E-state index contributed by atoms with van der Waals surface area (Å²) in [6.45, 7) is 4.62. The minimum Gasteiger partial charge on any atom is -0.497 e. The normalized spacial score (nSPS) is 14.6. The highest BCUT2D eigenvalue weighted by molar-refractivity contribution is 6.02. The minimum absolute atomic E-state index is 0.0240. The maximum absolute atomic E-state index is 13.4. The van der Waals surface area contributed by atoms with E-state index in [1.54, 1.807) is 42.1 Å². The van der Waals surface area contributed by atoms with Gasteiger partial charge in [-0.15, -0.1) is 0 Å². The van der Waals surface area contributed by atoms with Crippen LogP contribution in [0.2, 0.25) is 0 Å². The first-order valence-corrected chi connectivity index (χ1v) is 10.2. The van der Waals surface area contributed by atoms with E-state index in [0.29, 0.717) is 47.4 Å². The lowest BCUT2D eigenvalue weighted by Crippen LogP contribution is -2.53. The predicted molar refractivity (Wildman–Crippen MR) is 119 cm³/mol. The maximum atomic E-state index is 13.4. The topological polar surface area (TPSA) is 99.4 Å². The van der Waals surface area contributed by atoms with Gasteiger partial charge in [-0.3, -0.25) is 14.2 Å². The number of nitrogens with zero attached hydrogens (tertiary/aromatic N) is 5. The molecule has 166 valence electrons. The Kier molecular flexibility index (Phi) is 5.65. The molecule has 0 N–H and O–H groups in total. The molecule has 0 bridgehead atoms. The average molecular weight is 435 g/mol. The van der Waals surface area contributed by atoms with Crippen LogP contribution in [0, 0.1) is 0 Å². The molecule has 0 spiro atoms. The van der Waals surface area contributed by atoms with E-state index in [0.717, 1.165) is 0 Å². The van der Waals surface area contributed by atoms with E-state index >= 15 is 0 Å². The van der Waals surface area contributed by atoms with Crippen LogP contribution >= 0.6 is 0 Å². The van der Waals surface area contributed by atoms with E-state index in [1.165, 1.54) is 19.5 Å². The van der Waals surface area contributed by atoms with Gasteiger partial charge in [-0.1, -0.05) is 0 Å². The Hall–Kier alpha value is -3.75. The second kappa shape index (κ2) is 8.41. The van der Waals surface area contributed by atoms with Crippen molar-refractivity contribution >= 4 is 11.7 Å². The van der Waals surface area contributed by atoms with Gasteiger partial charge in [-0.25, -0.2) is 15.0 Å². The highest BCUT2D eigenvalue weighted by atomic mass is 16.5. The van der Waals surface area contributed by atoms with Crippen LogP contribution in [-0.4, -0.2) is 51.6 Å². The molecule has 1 aromatic carbocycles. The van der Waals surface area contributed by atoms with Gasteiger partial charge in [-0.2, -0.15) is 0 Å². The van der Waals surface area contributed by atoms with Gasteiger partial charge < -0.3 is 14.4 Å². The van der Waals surface area contributed by atoms with E-state index in [9.17, 15) is 9.59 Å². The third-order valence-electron chi connectivity index (χ3n) is 5.76. The number of Topliss-reactive ketones (excluding diaryl/α,β-unsaturated/α-hetero) is 1. The highest BCUT2D eigenvalue weighted by Crippen LogP contribution is 2.32. The summed E-state index contributed by atoms with van der Waals surface area (Å²) in [5.74, 6) is 1.31. The van der Waals surface area contributed by atoms with Crippen molar-refractivity contribution in [1.29, 1.82) is 0 Å². The van der Waals surface area contributed by atoms with Crippen molar-refractivity contribution in [2.45, 2.75) is 32.4 Å². The maximum Gasteiger partial charge on any atom is 0.255 e. The molecular formula is C23H25N5O4. The summed E-state index contributed by atoms with van der Waals surface area (Å²) in [7, 11) is 3.07. The van der Waals surface area contributed by atoms with Crippen LogP contribution in [0.25, 0.3) is 11.4 Å². The molecular weight excluding hydrogens is 410 g/mol. The standard InChI is InChI=1S/C23H25N5O4/c1-23(2)8-10-27-21(30)12-18(17-7-9-24-14-25-17)26-22(27)28(23)13-19(29)16-11-15(31-3)5-6-20(16)32-4/h5-7,9,11-12,14H,8,10,13H2,1-4H3. The molecule has 0 amide bonds. The number of methoxy groups -OCH3 is 2. The molecule has 1 aliphatic rings. The Labute approximate surface area is 185 Å². The lowest BCUT2D eigenvalue weighted by Gasteiger charge is -2.44. The Balaban J connectivity index is 1.78. The number of benzene rings is 1. The van der Waals surface area contributed by atoms with Crippen molar-refractivity contribution in [2.75, 3.05) is 25.7 Å². The van der Waals surface area contributed by atoms with Crippen molar-refractivity contribution in [1.82, 2.24) is 19.5 Å².